The first-order valence-electron chi connectivity index (χ1n) is 2.33. The van der Waals surface area contributed by atoms with Crippen molar-refractivity contribution in [2.45, 2.75) is 6.92 Å². The Morgan fingerprint density at radius 3 is 2.33 bits per heavy atom. The van der Waals surface area contributed by atoms with E-state index in [1.54, 1.807) is 6.92 Å². The molecule has 0 aliphatic rings. The molecule has 9 heavy (non-hydrogen) atoms. The topological polar surface area (TPSA) is 72.2 Å². The van der Waals surface area contributed by atoms with Gasteiger partial charge in [-0.05, 0) is 6.92 Å². The first kappa shape index (κ1) is 8.61. The summed E-state index contributed by atoms with van der Waals surface area (Å²) in [6.07, 6.45) is 0. The predicted octanol–water partition coefficient (Wildman–Crippen LogP) is -0.644. The van der Waals surface area contributed by atoms with Crippen molar-refractivity contribution in [1.82, 2.24) is 4.72 Å². The quantitative estimate of drug-likeness (QED) is 0.525. The zero-order valence-corrected chi connectivity index (χ0v) is 6.03. The zero-order chi connectivity index (χ0) is 7.49. The van der Waals surface area contributed by atoms with Crippen LogP contribution in [0.2, 0.25) is 0 Å². The molecular formula is C4H10N2O2S. The number of rotatable bonds is 3. The van der Waals surface area contributed by atoms with Gasteiger partial charge in [0.1, 0.15) is 0 Å². The van der Waals surface area contributed by atoms with Gasteiger partial charge in [0, 0.05) is 6.54 Å². The minimum absolute atomic E-state index is 0.207. The fraction of sp³-hybridized carbons (Fsp3) is 0.500. The summed E-state index contributed by atoms with van der Waals surface area (Å²) >= 11 is 0. The summed E-state index contributed by atoms with van der Waals surface area (Å²) in [6.45, 7) is 5.39. The standard InChI is InChI=1S/C4H10N2O2S/c1-4(2)3-6-9(5,7)8/h6H,1,3H2,2H3,(H2,5,7,8). The highest BCUT2D eigenvalue weighted by atomic mass is 32.2. The molecule has 54 valence electrons. The third kappa shape index (κ3) is 7.61. The minimum Gasteiger partial charge on any atom is -0.216 e. The highest BCUT2D eigenvalue weighted by Crippen LogP contribution is 1.81. The lowest BCUT2D eigenvalue weighted by Crippen LogP contribution is -2.31. The molecule has 0 rings (SSSR count). The van der Waals surface area contributed by atoms with Gasteiger partial charge in [0.05, 0.1) is 0 Å². The van der Waals surface area contributed by atoms with Gasteiger partial charge in [-0.1, -0.05) is 12.2 Å². The molecule has 0 aliphatic carbocycles. The molecule has 4 nitrogen and oxygen atoms in total. The number of hydrogen-bond donors (Lipinski definition) is 2. The van der Waals surface area contributed by atoms with Crippen molar-refractivity contribution in [1.29, 1.82) is 0 Å². The highest BCUT2D eigenvalue weighted by Gasteiger charge is 1.97. The van der Waals surface area contributed by atoms with E-state index in [9.17, 15) is 8.42 Å². The fourth-order valence-corrected chi connectivity index (χ4v) is 0.671. The second-order valence-corrected chi connectivity index (χ2v) is 3.20. The van der Waals surface area contributed by atoms with Crippen molar-refractivity contribution in [2.75, 3.05) is 6.54 Å². The van der Waals surface area contributed by atoms with Gasteiger partial charge < -0.3 is 0 Å². The maximum atomic E-state index is 10.2. The molecule has 3 N–H and O–H groups in total. The average molecular weight is 150 g/mol. The van der Waals surface area contributed by atoms with Crippen LogP contribution in [-0.4, -0.2) is 15.0 Å². The lowest BCUT2D eigenvalue weighted by Gasteiger charge is -1.98. The lowest BCUT2D eigenvalue weighted by molar-refractivity contribution is 0.586. The highest BCUT2D eigenvalue weighted by molar-refractivity contribution is 7.87. The summed E-state index contributed by atoms with van der Waals surface area (Å²) in [6, 6.07) is 0. The number of nitrogens with two attached hydrogens (primary N) is 1. The van der Waals surface area contributed by atoms with Crippen molar-refractivity contribution in [3.05, 3.63) is 12.2 Å². The van der Waals surface area contributed by atoms with Gasteiger partial charge in [-0.3, -0.25) is 0 Å². The third-order valence-electron chi connectivity index (χ3n) is 0.575. The molecule has 0 radical (unpaired) electrons. The van der Waals surface area contributed by atoms with Crippen LogP contribution >= 0.6 is 0 Å². The molecule has 0 saturated carbocycles. The smallest absolute Gasteiger partial charge is 0.216 e. The molecule has 5 heteroatoms. The molecule has 0 fully saturated rings. The van der Waals surface area contributed by atoms with Gasteiger partial charge >= 0.3 is 0 Å². The van der Waals surface area contributed by atoms with Gasteiger partial charge in [-0.25, -0.2) is 5.14 Å². The Labute approximate surface area is 54.9 Å². The van der Waals surface area contributed by atoms with E-state index in [0.717, 1.165) is 5.57 Å². The average Bonchev–Trinajstić information content (AvgIpc) is 1.59. The van der Waals surface area contributed by atoms with Crippen molar-refractivity contribution < 1.29 is 8.42 Å². The van der Waals surface area contributed by atoms with Gasteiger partial charge in [0.15, 0.2) is 0 Å². The Bertz CT molecular complexity index is 195. The zero-order valence-electron chi connectivity index (χ0n) is 5.22. The van der Waals surface area contributed by atoms with Crippen molar-refractivity contribution in [3.63, 3.8) is 0 Å². The van der Waals surface area contributed by atoms with E-state index in [-0.39, 0.29) is 6.54 Å². The molecule has 0 saturated heterocycles. The molecule has 0 unspecified atom stereocenters. The first-order chi connectivity index (χ1) is 3.92. The molecule has 0 heterocycles. The summed E-state index contributed by atoms with van der Waals surface area (Å²) in [5, 5.41) is 4.60. The van der Waals surface area contributed by atoms with Crippen LogP contribution in [0.25, 0.3) is 0 Å². The van der Waals surface area contributed by atoms with Gasteiger partial charge in [0.25, 0.3) is 10.2 Å². The van der Waals surface area contributed by atoms with Crippen molar-refractivity contribution in [3.8, 4) is 0 Å². The summed E-state index contributed by atoms with van der Waals surface area (Å²) in [4.78, 5) is 0. The SMILES string of the molecule is C=C(C)CNS(N)(=O)=O. The molecule has 0 bridgehead atoms. The minimum atomic E-state index is -3.53. The normalized spacial score (nSPS) is 11.3. The van der Waals surface area contributed by atoms with Crippen LogP contribution in [0.1, 0.15) is 6.92 Å². The number of hydrogen-bond acceptors (Lipinski definition) is 2. The van der Waals surface area contributed by atoms with Gasteiger partial charge in [-0.2, -0.15) is 13.1 Å². The second-order valence-electron chi connectivity index (χ2n) is 1.82. The maximum Gasteiger partial charge on any atom is 0.274 e. The molecule has 0 aliphatic heterocycles. The lowest BCUT2D eigenvalue weighted by atomic mass is 10.4. The van der Waals surface area contributed by atoms with Gasteiger partial charge in [0.2, 0.25) is 0 Å². The Kier molecular flexibility index (Phi) is 2.83. The van der Waals surface area contributed by atoms with Crippen LogP contribution in [-0.2, 0) is 10.2 Å². The summed E-state index contributed by atoms with van der Waals surface area (Å²) in [7, 11) is -3.53. The number of nitrogens with one attached hydrogen (secondary N) is 1. The Morgan fingerprint density at radius 1 is 1.78 bits per heavy atom. The van der Waals surface area contributed by atoms with E-state index >= 15 is 0 Å². The largest absolute Gasteiger partial charge is 0.274 e. The second kappa shape index (κ2) is 2.95. The molecule has 0 aromatic carbocycles. The molecule has 0 spiro atoms. The summed E-state index contributed by atoms with van der Waals surface area (Å²) in [5.41, 5.74) is 0.726. The van der Waals surface area contributed by atoms with Crippen LogP contribution in [0.3, 0.4) is 0 Å². The first-order valence-corrected chi connectivity index (χ1v) is 3.88. The van der Waals surface area contributed by atoms with E-state index < -0.39 is 10.2 Å². The van der Waals surface area contributed by atoms with E-state index in [2.05, 4.69) is 16.4 Å². The molecule has 0 aromatic rings. The van der Waals surface area contributed by atoms with Crippen molar-refractivity contribution >= 4 is 10.2 Å². The van der Waals surface area contributed by atoms with Crippen LogP contribution in [0.4, 0.5) is 0 Å². The Morgan fingerprint density at radius 2 is 2.22 bits per heavy atom. The maximum absolute atomic E-state index is 10.2. The molecular weight excluding hydrogens is 140 g/mol. The Balaban J connectivity index is 3.67. The monoisotopic (exact) mass is 150 g/mol. The van der Waals surface area contributed by atoms with Crippen molar-refractivity contribution in [2.24, 2.45) is 5.14 Å². The van der Waals surface area contributed by atoms with E-state index in [1.165, 1.54) is 0 Å². The predicted molar refractivity (Wildman–Crippen MR) is 35.9 cm³/mol. The molecule has 0 amide bonds. The molecule has 0 aromatic heterocycles. The molecule has 0 atom stereocenters. The third-order valence-corrected chi connectivity index (χ3v) is 1.12. The van der Waals surface area contributed by atoms with E-state index in [1.807, 2.05) is 0 Å². The van der Waals surface area contributed by atoms with E-state index in [4.69, 9.17) is 0 Å². The van der Waals surface area contributed by atoms with Gasteiger partial charge in [-0.15, -0.1) is 0 Å². The van der Waals surface area contributed by atoms with Crippen LogP contribution in [0.15, 0.2) is 12.2 Å². The van der Waals surface area contributed by atoms with E-state index in [0.29, 0.717) is 0 Å². The van der Waals surface area contributed by atoms with Crippen LogP contribution in [0, 0.1) is 0 Å². The summed E-state index contributed by atoms with van der Waals surface area (Å²) in [5.74, 6) is 0. The van der Waals surface area contributed by atoms with Crippen LogP contribution in [0.5, 0.6) is 0 Å². The fourth-order valence-electron chi connectivity index (χ4n) is 0.224. The van der Waals surface area contributed by atoms with Crippen LogP contribution < -0.4 is 9.86 Å². The Hall–Kier alpha value is -0.390. The summed E-state index contributed by atoms with van der Waals surface area (Å²) < 4.78 is 22.4.